The van der Waals surface area contributed by atoms with E-state index in [2.05, 4.69) is 5.32 Å². The van der Waals surface area contributed by atoms with E-state index >= 15 is 0 Å². The van der Waals surface area contributed by atoms with Crippen LogP contribution in [0.15, 0.2) is 0 Å². The van der Waals surface area contributed by atoms with Crippen molar-refractivity contribution in [3.63, 3.8) is 0 Å². The summed E-state index contributed by atoms with van der Waals surface area (Å²) in [7, 11) is 0. The summed E-state index contributed by atoms with van der Waals surface area (Å²) in [5, 5.41) is 34.4. The lowest BCUT2D eigenvalue weighted by atomic mass is 9.50. The summed E-state index contributed by atoms with van der Waals surface area (Å²) in [6.07, 6.45) is 20.4. The Balaban J connectivity index is 0.00000386. The maximum atomic E-state index is 13.2. The highest BCUT2D eigenvalue weighted by atomic mass is 35.5. The summed E-state index contributed by atoms with van der Waals surface area (Å²) in [6, 6.07) is -1.45. The van der Waals surface area contributed by atoms with Gasteiger partial charge >= 0.3 is 0 Å². The largest absolute Gasteiger partial charge is 0.395 e. The number of rotatable bonds is 18. The fourth-order valence-corrected chi connectivity index (χ4v) is 12.8. The highest BCUT2D eigenvalue weighted by Crippen LogP contribution is 2.61. The topological polar surface area (TPSA) is 111 Å². The number of ether oxygens (including phenoxy) is 2. The maximum absolute atomic E-state index is 13.2. The number of hydrogen-bond donors (Lipinski definition) is 4. The summed E-state index contributed by atoms with van der Waals surface area (Å²) >= 11 is 0. The number of amides is 1. The number of aliphatic hydroxyl groups is 3. The summed E-state index contributed by atoms with van der Waals surface area (Å²) in [6.45, 7) is 4.26. The molecule has 8 bridgehead atoms. The zero-order chi connectivity index (χ0) is 31.7. The van der Waals surface area contributed by atoms with Crippen molar-refractivity contribution in [2.45, 2.75) is 140 Å². The quantitative estimate of drug-likeness (QED) is 0.149. The van der Waals surface area contributed by atoms with Crippen LogP contribution < -0.4 is 5.32 Å². The lowest BCUT2D eigenvalue weighted by molar-refractivity contribution is -0.129. The molecule has 0 spiro atoms. The van der Waals surface area contributed by atoms with Crippen LogP contribution in [-0.2, 0) is 14.3 Å². The van der Waals surface area contributed by atoms with E-state index in [1.54, 1.807) is 0 Å². The number of hydrogen-bond acceptors (Lipinski definition) is 7. The van der Waals surface area contributed by atoms with Crippen LogP contribution >= 0.6 is 12.4 Å². The van der Waals surface area contributed by atoms with Gasteiger partial charge in [-0.15, -0.1) is 12.4 Å². The van der Waals surface area contributed by atoms with Crippen LogP contribution in [-0.4, -0.2) is 96.5 Å². The molecule has 0 aromatic heterocycles. The Morgan fingerprint density at radius 1 is 0.660 bits per heavy atom. The molecule has 1 heterocycles. The van der Waals surface area contributed by atoms with Crippen LogP contribution in [0.3, 0.4) is 0 Å². The van der Waals surface area contributed by atoms with Crippen molar-refractivity contribution in [3.8, 4) is 0 Å². The molecular weight excluding hydrogens is 616 g/mol. The third-order valence-electron chi connectivity index (χ3n) is 13.9. The van der Waals surface area contributed by atoms with Gasteiger partial charge in [-0.3, -0.25) is 9.69 Å². The van der Waals surface area contributed by atoms with Crippen LogP contribution in [0.1, 0.15) is 116 Å². The molecule has 1 saturated heterocycles. The molecule has 9 rings (SSSR count). The molecule has 0 unspecified atom stereocenters. The van der Waals surface area contributed by atoms with Gasteiger partial charge in [0, 0.05) is 19.8 Å². The van der Waals surface area contributed by atoms with Crippen LogP contribution in [0.4, 0.5) is 0 Å². The predicted molar refractivity (Wildman–Crippen MR) is 184 cm³/mol. The van der Waals surface area contributed by atoms with Crippen LogP contribution in [0.25, 0.3) is 0 Å². The van der Waals surface area contributed by atoms with Gasteiger partial charge in [-0.05, 0) is 168 Å². The van der Waals surface area contributed by atoms with Crippen molar-refractivity contribution in [2.75, 3.05) is 46.1 Å². The maximum Gasteiger partial charge on any atom is 0.240 e. The minimum absolute atomic E-state index is 0. The second-order valence-electron chi connectivity index (χ2n) is 17.8. The first-order valence-corrected chi connectivity index (χ1v) is 19.5. The molecule has 9 aliphatic rings. The molecule has 47 heavy (non-hydrogen) atoms. The smallest absolute Gasteiger partial charge is 0.240 e. The van der Waals surface area contributed by atoms with E-state index in [9.17, 15) is 20.1 Å². The van der Waals surface area contributed by atoms with Crippen molar-refractivity contribution in [2.24, 2.45) is 46.3 Å². The molecule has 8 nitrogen and oxygen atoms in total. The molecule has 270 valence electrons. The average molecular weight is 681 g/mol. The molecule has 0 aromatic carbocycles. The van der Waals surface area contributed by atoms with Gasteiger partial charge in [0.2, 0.25) is 5.91 Å². The Hall–Kier alpha value is -0.480. The average Bonchev–Trinajstić information content (AvgIpc) is 3.24. The van der Waals surface area contributed by atoms with E-state index in [0.29, 0.717) is 23.9 Å². The normalized spacial score (nSPS) is 43.0. The van der Waals surface area contributed by atoms with Gasteiger partial charge in [0.15, 0.2) is 0 Å². The molecule has 4 atom stereocenters. The first kappa shape index (κ1) is 36.3. The number of carbonyl (C=O) groups excluding carboxylic acids is 1. The van der Waals surface area contributed by atoms with E-state index in [4.69, 9.17) is 9.47 Å². The minimum Gasteiger partial charge on any atom is -0.395 e. The molecule has 9 fully saturated rings. The molecule has 0 radical (unpaired) electrons. The monoisotopic (exact) mass is 680 g/mol. The number of halogens is 1. The molecule has 1 aliphatic heterocycles. The molecule has 8 saturated carbocycles. The highest BCUT2D eigenvalue weighted by Gasteiger charge is 2.52. The third-order valence-corrected chi connectivity index (χ3v) is 13.9. The van der Waals surface area contributed by atoms with Crippen LogP contribution in [0.5, 0.6) is 0 Å². The van der Waals surface area contributed by atoms with Crippen molar-refractivity contribution < 1.29 is 29.6 Å². The number of likely N-dealkylation sites (tertiary alicyclic amines) is 1. The van der Waals surface area contributed by atoms with Crippen LogP contribution in [0, 0.1) is 46.3 Å². The lowest BCUT2D eigenvalue weighted by Gasteiger charge is -2.56. The molecule has 1 amide bonds. The fraction of sp³-hybridized carbons (Fsp3) is 0.974. The van der Waals surface area contributed by atoms with E-state index in [1.807, 2.05) is 4.90 Å². The van der Waals surface area contributed by atoms with E-state index < -0.39 is 24.3 Å². The first-order valence-electron chi connectivity index (χ1n) is 19.5. The zero-order valence-electron chi connectivity index (χ0n) is 28.9. The Morgan fingerprint density at radius 2 is 1.11 bits per heavy atom. The summed E-state index contributed by atoms with van der Waals surface area (Å²) in [4.78, 5) is 15.0. The Bertz CT molecular complexity index is 958. The number of carbonyl (C=O) groups is 1. The Kier molecular flexibility index (Phi) is 12.2. The molecule has 0 aromatic rings. The number of aliphatic hydroxyl groups excluding tert-OH is 3. The van der Waals surface area contributed by atoms with Crippen molar-refractivity contribution in [1.82, 2.24) is 10.2 Å². The highest BCUT2D eigenvalue weighted by molar-refractivity contribution is 5.85. The van der Waals surface area contributed by atoms with Gasteiger partial charge in [0.1, 0.15) is 12.1 Å². The first-order chi connectivity index (χ1) is 22.3. The van der Waals surface area contributed by atoms with Gasteiger partial charge in [-0.2, -0.15) is 0 Å². The van der Waals surface area contributed by atoms with Gasteiger partial charge in [0.05, 0.1) is 32.0 Å². The van der Waals surface area contributed by atoms with E-state index in [1.165, 1.54) is 77.0 Å². The van der Waals surface area contributed by atoms with E-state index in [0.717, 1.165) is 100 Å². The van der Waals surface area contributed by atoms with Gasteiger partial charge in [-0.25, -0.2) is 0 Å². The molecule has 4 N–H and O–H groups in total. The van der Waals surface area contributed by atoms with E-state index in [-0.39, 0.29) is 24.9 Å². The lowest BCUT2D eigenvalue weighted by Crippen LogP contribution is -2.50. The number of nitrogens with zero attached hydrogens (tertiary/aromatic N) is 1. The summed E-state index contributed by atoms with van der Waals surface area (Å²) < 4.78 is 12.5. The van der Waals surface area contributed by atoms with Crippen molar-refractivity contribution >= 4 is 18.3 Å². The summed E-state index contributed by atoms with van der Waals surface area (Å²) in [5.74, 6) is 5.48. The minimum atomic E-state index is -1.20. The van der Waals surface area contributed by atoms with Crippen molar-refractivity contribution in [3.05, 3.63) is 0 Å². The molecule has 8 aliphatic carbocycles. The molecular formula is C38H65ClN2O6. The zero-order valence-corrected chi connectivity index (χ0v) is 29.7. The van der Waals surface area contributed by atoms with Gasteiger partial charge < -0.3 is 30.1 Å². The second-order valence-corrected chi connectivity index (χ2v) is 17.8. The third kappa shape index (κ3) is 8.20. The van der Waals surface area contributed by atoms with Crippen molar-refractivity contribution in [1.29, 1.82) is 0 Å². The standard InChI is InChI=1S/C38H64N2O6.ClH/c41-23-32-34(42)35(43)33(40(32)8-4-2-6-10-46-25-38-20-29-14-30(21-38)16-31(15-29)22-38)36(44)39-7-3-1-5-9-45-24-37-17-26-11-27(18-37)13-28(12-26)19-37;/h26-35,41-43H,1-25H2,(H,39,44);1H/t26?,27?,28?,29?,30?,31?,32-,33+,34-,35-,37?,38?;/m0./s1. The predicted octanol–water partition coefficient (Wildman–Crippen LogP) is 5.10. The molecule has 9 heteroatoms. The van der Waals surface area contributed by atoms with Gasteiger partial charge in [0.25, 0.3) is 0 Å². The summed E-state index contributed by atoms with van der Waals surface area (Å²) in [5.41, 5.74) is 0.919. The second kappa shape index (κ2) is 15.8. The van der Waals surface area contributed by atoms with Gasteiger partial charge in [-0.1, -0.05) is 0 Å². The van der Waals surface area contributed by atoms with Crippen LogP contribution in [0.2, 0.25) is 0 Å². The number of nitrogens with one attached hydrogen (secondary N) is 1. The Morgan fingerprint density at radius 3 is 1.55 bits per heavy atom. The number of unbranched alkanes of at least 4 members (excludes halogenated alkanes) is 4. The Labute approximate surface area is 289 Å². The SMILES string of the molecule is Cl.O=C(NCCCCCOCC12CC3CC(CC(C3)C1)C2)[C@H]1[C@H](O)[C@@H](O)[C@H](CO)N1CCCCCOCC12CC3CC(CC(C3)C1)C2. The fourth-order valence-electron chi connectivity index (χ4n) is 12.8.